The van der Waals surface area contributed by atoms with Crippen molar-refractivity contribution in [2.24, 2.45) is 0 Å². The van der Waals surface area contributed by atoms with Crippen molar-refractivity contribution in [3.63, 3.8) is 0 Å². The fourth-order valence-electron chi connectivity index (χ4n) is 3.80. The summed E-state index contributed by atoms with van der Waals surface area (Å²) in [6, 6.07) is 1.44. The number of piperidine rings is 1. The van der Waals surface area contributed by atoms with E-state index in [4.69, 9.17) is 14.0 Å². The van der Waals surface area contributed by atoms with Crippen LogP contribution in [0.5, 0.6) is 0 Å². The van der Waals surface area contributed by atoms with Gasteiger partial charge in [-0.15, -0.1) is 0 Å². The first-order valence-electron chi connectivity index (χ1n) is 8.82. The number of methoxy groups -OCH3 is 1. The highest BCUT2D eigenvalue weighted by atomic mass is 16.5. The molecule has 1 N–H and O–H groups in total. The number of nitrogens with one attached hydrogen (secondary N) is 1. The lowest BCUT2D eigenvalue weighted by molar-refractivity contribution is -0.0194. The Morgan fingerprint density at radius 2 is 2.12 bits per heavy atom. The quantitative estimate of drug-likeness (QED) is 0.912. The van der Waals surface area contributed by atoms with E-state index in [9.17, 15) is 9.59 Å². The summed E-state index contributed by atoms with van der Waals surface area (Å²) < 4.78 is 16.3. The number of hydrogen-bond acceptors (Lipinski definition) is 5. The van der Waals surface area contributed by atoms with Crippen molar-refractivity contribution in [3.8, 4) is 0 Å². The minimum atomic E-state index is -0.318. The van der Waals surface area contributed by atoms with E-state index < -0.39 is 0 Å². The van der Waals surface area contributed by atoms with Crippen LogP contribution in [0, 0.1) is 0 Å². The molecule has 1 aliphatic heterocycles. The molecule has 3 rings (SSSR count). The van der Waals surface area contributed by atoms with Crippen molar-refractivity contribution in [2.75, 3.05) is 20.3 Å². The van der Waals surface area contributed by atoms with Gasteiger partial charge in [0.2, 0.25) is 0 Å². The van der Waals surface area contributed by atoms with Gasteiger partial charge in [0.25, 0.3) is 5.56 Å². The highest BCUT2D eigenvalue weighted by molar-refractivity contribution is 5.68. The summed E-state index contributed by atoms with van der Waals surface area (Å²) in [5, 5.41) is 2.34. The SMILES string of the molecule is COC(=O)N1CC[C@@H](c2cc(=O)[nH]o2)C[C@@H]1COC1CCCCC1. The van der Waals surface area contributed by atoms with Gasteiger partial charge < -0.3 is 18.9 Å². The Hall–Kier alpha value is -1.76. The number of likely N-dealkylation sites (tertiary alicyclic amines) is 1. The van der Waals surface area contributed by atoms with E-state index in [1.807, 2.05) is 0 Å². The smallest absolute Gasteiger partial charge is 0.409 e. The minimum absolute atomic E-state index is 0.0571. The molecule has 7 heteroatoms. The molecule has 1 aromatic rings. The third-order valence-corrected chi connectivity index (χ3v) is 5.15. The second kappa shape index (κ2) is 7.88. The lowest BCUT2D eigenvalue weighted by Gasteiger charge is -2.38. The predicted molar refractivity (Wildman–Crippen MR) is 87.0 cm³/mol. The van der Waals surface area contributed by atoms with Gasteiger partial charge in [0.05, 0.1) is 25.9 Å². The Balaban J connectivity index is 1.64. The van der Waals surface area contributed by atoms with Crippen molar-refractivity contribution in [3.05, 3.63) is 22.2 Å². The first-order chi connectivity index (χ1) is 11.7. The number of aromatic amines is 1. The largest absolute Gasteiger partial charge is 0.453 e. The molecule has 2 heterocycles. The van der Waals surface area contributed by atoms with Crippen LogP contribution in [0.4, 0.5) is 4.79 Å². The van der Waals surface area contributed by atoms with Gasteiger partial charge >= 0.3 is 6.09 Å². The zero-order valence-corrected chi connectivity index (χ0v) is 14.2. The average molecular weight is 338 g/mol. The van der Waals surface area contributed by atoms with E-state index in [2.05, 4.69) is 5.16 Å². The van der Waals surface area contributed by atoms with E-state index in [1.165, 1.54) is 32.4 Å². The van der Waals surface area contributed by atoms with Crippen LogP contribution in [0.15, 0.2) is 15.4 Å². The van der Waals surface area contributed by atoms with Crippen LogP contribution in [-0.4, -0.2) is 48.6 Å². The van der Waals surface area contributed by atoms with Gasteiger partial charge in [-0.3, -0.25) is 4.79 Å². The van der Waals surface area contributed by atoms with Gasteiger partial charge in [-0.05, 0) is 25.7 Å². The molecule has 1 aromatic heterocycles. The van der Waals surface area contributed by atoms with Gasteiger partial charge in [-0.25, -0.2) is 4.79 Å². The molecular formula is C17H26N2O5. The summed E-state index contributed by atoms with van der Waals surface area (Å²) in [6.07, 6.45) is 7.35. The number of amides is 1. The molecule has 2 atom stereocenters. The van der Waals surface area contributed by atoms with E-state index >= 15 is 0 Å². The van der Waals surface area contributed by atoms with E-state index in [1.54, 1.807) is 4.90 Å². The number of rotatable bonds is 4. The third kappa shape index (κ3) is 4.01. The number of aromatic nitrogens is 1. The number of nitrogens with zero attached hydrogens (tertiary/aromatic N) is 1. The maximum absolute atomic E-state index is 12.0. The highest BCUT2D eigenvalue weighted by Gasteiger charge is 2.35. The van der Waals surface area contributed by atoms with Crippen molar-refractivity contribution in [2.45, 2.75) is 63.0 Å². The molecule has 1 aliphatic carbocycles. The number of ether oxygens (including phenoxy) is 2. The first kappa shape index (κ1) is 17.1. The van der Waals surface area contributed by atoms with Crippen LogP contribution in [0.25, 0.3) is 0 Å². The molecule has 0 radical (unpaired) electrons. The Kier molecular flexibility index (Phi) is 5.60. The summed E-state index contributed by atoms with van der Waals surface area (Å²) in [4.78, 5) is 25.1. The molecule has 0 bridgehead atoms. The van der Waals surface area contributed by atoms with Gasteiger partial charge in [0, 0.05) is 18.5 Å². The molecule has 134 valence electrons. The number of hydrogen-bond donors (Lipinski definition) is 1. The second-order valence-electron chi connectivity index (χ2n) is 6.75. The normalized spacial score (nSPS) is 25.6. The van der Waals surface area contributed by atoms with Crippen molar-refractivity contribution < 1.29 is 18.8 Å². The molecule has 2 aliphatic rings. The molecule has 7 nitrogen and oxygen atoms in total. The molecule has 1 saturated carbocycles. The highest BCUT2D eigenvalue weighted by Crippen LogP contribution is 2.32. The van der Waals surface area contributed by atoms with Gasteiger partial charge in [-0.1, -0.05) is 19.3 Å². The van der Waals surface area contributed by atoms with Crippen LogP contribution in [0.2, 0.25) is 0 Å². The van der Waals surface area contributed by atoms with Crippen LogP contribution >= 0.6 is 0 Å². The first-order valence-corrected chi connectivity index (χ1v) is 8.82. The molecule has 1 amide bonds. The Morgan fingerprint density at radius 3 is 2.79 bits per heavy atom. The zero-order chi connectivity index (χ0) is 16.9. The standard InChI is InChI=1S/C17H26N2O5/c1-22-17(21)19-8-7-12(15-10-16(20)18-24-15)9-13(19)11-23-14-5-3-2-4-6-14/h10,12-14H,2-9,11H2,1H3,(H,18,20)/t12-,13-/m1/s1. The molecule has 24 heavy (non-hydrogen) atoms. The zero-order valence-electron chi connectivity index (χ0n) is 14.2. The summed E-state index contributed by atoms with van der Waals surface area (Å²) in [5.74, 6) is 0.775. The van der Waals surface area contributed by atoms with Crippen molar-refractivity contribution in [1.29, 1.82) is 0 Å². The van der Waals surface area contributed by atoms with E-state index in [-0.39, 0.29) is 23.6 Å². The Labute approximate surface area is 141 Å². The monoisotopic (exact) mass is 338 g/mol. The molecule has 1 saturated heterocycles. The third-order valence-electron chi connectivity index (χ3n) is 5.15. The molecule has 2 fully saturated rings. The Morgan fingerprint density at radius 1 is 1.33 bits per heavy atom. The fraction of sp³-hybridized carbons (Fsp3) is 0.765. The summed E-state index contributed by atoms with van der Waals surface area (Å²) in [6.45, 7) is 1.08. The van der Waals surface area contributed by atoms with Crippen molar-refractivity contribution in [1.82, 2.24) is 10.1 Å². The molecule has 0 unspecified atom stereocenters. The predicted octanol–water partition coefficient (Wildman–Crippen LogP) is 2.63. The Bertz CT molecular complexity index is 590. The van der Waals surface area contributed by atoms with Crippen LogP contribution in [-0.2, 0) is 9.47 Å². The topological polar surface area (TPSA) is 84.8 Å². The van der Waals surface area contributed by atoms with Crippen molar-refractivity contribution >= 4 is 6.09 Å². The van der Waals surface area contributed by atoms with Crippen LogP contribution in [0.3, 0.4) is 0 Å². The maximum Gasteiger partial charge on any atom is 0.409 e. The summed E-state index contributed by atoms with van der Waals surface area (Å²) >= 11 is 0. The number of H-pyrrole nitrogens is 1. The van der Waals surface area contributed by atoms with E-state index in [0.29, 0.717) is 31.4 Å². The van der Waals surface area contributed by atoms with Gasteiger partial charge in [0.15, 0.2) is 0 Å². The van der Waals surface area contributed by atoms with Crippen LogP contribution < -0.4 is 5.56 Å². The molecule has 0 spiro atoms. The van der Waals surface area contributed by atoms with Crippen LogP contribution in [0.1, 0.15) is 56.6 Å². The second-order valence-corrected chi connectivity index (χ2v) is 6.75. The van der Waals surface area contributed by atoms with Gasteiger partial charge in [-0.2, -0.15) is 5.16 Å². The number of carbonyl (C=O) groups is 1. The lowest BCUT2D eigenvalue weighted by Crippen LogP contribution is -2.48. The molecule has 0 aromatic carbocycles. The minimum Gasteiger partial charge on any atom is -0.453 e. The fourth-order valence-corrected chi connectivity index (χ4v) is 3.80. The summed E-state index contributed by atoms with van der Waals surface area (Å²) in [7, 11) is 1.40. The van der Waals surface area contributed by atoms with E-state index in [0.717, 1.165) is 19.3 Å². The molecular weight excluding hydrogens is 312 g/mol. The number of carbonyl (C=O) groups excluding carboxylic acids is 1. The maximum atomic E-state index is 12.0. The average Bonchev–Trinajstić information content (AvgIpc) is 3.06. The summed E-state index contributed by atoms with van der Waals surface area (Å²) in [5.41, 5.74) is -0.226. The lowest BCUT2D eigenvalue weighted by atomic mass is 9.89. The van der Waals surface area contributed by atoms with Gasteiger partial charge in [0.1, 0.15) is 5.76 Å².